The molecule has 0 unspecified atom stereocenters. The third kappa shape index (κ3) is 5.72. The molecule has 0 aliphatic heterocycles. The van der Waals surface area contributed by atoms with Crippen LogP contribution in [0.1, 0.15) is 78.6 Å². The highest BCUT2D eigenvalue weighted by molar-refractivity contribution is 5.91. The van der Waals surface area contributed by atoms with Crippen molar-refractivity contribution in [3.05, 3.63) is 65.0 Å². The fraction of sp³-hybridized carbons (Fsp3) is 0.462. The number of rotatable bonds is 11. The Bertz CT molecular complexity index is 1290. The van der Waals surface area contributed by atoms with Gasteiger partial charge in [-0.05, 0) is 74.1 Å². The molecular formula is C26H32N8O. The minimum absolute atomic E-state index is 0.250. The SMILES string of the molecule is CC(C)Cc1c(C2CC2)[nH]c2nnc(CCCCn3cc(C(=O)NCc4ccccn4)nn3)cc12. The van der Waals surface area contributed by atoms with Gasteiger partial charge >= 0.3 is 0 Å². The van der Waals surface area contributed by atoms with Crippen molar-refractivity contribution in [3.63, 3.8) is 0 Å². The fourth-order valence-electron chi connectivity index (χ4n) is 4.43. The molecule has 0 spiro atoms. The number of unbranched alkanes of at least 4 members (excludes halogenated alkanes) is 1. The van der Waals surface area contributed by atoms with Gasteiger partial charge in [0, 0.05) is 23.8 Å². The average molecular weight is 473 g/mol. The number of hydrogen-bond donors (Lipinski definition) is 2. The van der Waals surface area contributed by atoms with Crippen LogP contribution in [0.3, 0.4) is 0 Å². The Morgan fingerprint density at radius 3 is 2.83 bits per heavy atom. The zero-order chi connectivity index (χ0) is 24.2. The van der Waals surface area contributed by atoms with Crippen molar-refractivity contribution in [2.75, 3.05) is 0 Å². The molecule has 0 bridgehead atoms. The standard InChI is InChI=1S/C26H32N8O/c1-17(2)13-21-22-14-19(30-32-25(22)29-24(21)18-9-10-18)7-4-6-12-34-16-23(31-33-34)26(35)28-15-20-8-3-5-11-27-20/h3,5,8,11,14,16-18H,4,6-7,9-10,12-13,15H2,1-2H3,(H,28,35)(H,29,32). The van der Waals surface area contributed by atoms with Gasteiger partial charge in [0.15, 0.2) is 11.3 Å². The maximum absolute atomic E-state index is 12.3. The molecule has 0 atom stereocenters. The first-order valence-electron chi connectivity index (χ1n) is 12.5. The van der Waals surface area contributed by atoms with Crippen molar-refractivity contribution in [3.8, 4) is 0 Å². The lowest BCUT2D eigenvalue weighted by Crippen LogP contribution is -2.23. The second kappa shape index (κ2) is 10.3. The first kappa shape index (κ1) is 23.1. The van der Waals surface area contributed by atoms with Gasteiger partial charge in [0.05, 0.1) is 24.1 Å². The lowest BCUT2D eigenvalue weighted by atomic mass is 9.98. The van der Waals surface area contributed by atoms with E-state index in [0.29, 0.717) is 30.6 Å². The summed E-state index contributed by atoms with van der Waals surface area (Å²) in [5, 5.41) is 21.1. The number of pyridine rings is 1. The van der Waals surface area contributed by atoms with Gasteiger partial charge in [-0.25, -0.2) is 0 Å². The number of carbonyl (C=O) groups excluding carboxylic acids is 1. The Hall–Kier alpha value is -3.62. The average Bonchev–Trinajstić information content (AvgIpc) is 3.50. The summed E-state index contributed by atoms with van der Waals surface area (Å²) in [4.78, 5) is 20.1. The van der Waals surface area contributed by atoms with Crippen molar-refractivity contribution < 1.29 is 4.79 Å². The number of amides is 1. The molecule has 0 aromatic carbocycles. The molecule has 9 nitrogen and oxygen atoms in total. The van der Waals surface area contributed by atoms with E-state index in [-0.39, 0.29) is 5.91 Å². The molecule has 35 heavy (non-hydrogen) atoms. The molecule has 9 heteroatoms. The van der Waals surface area contributed by atoms with Crippen LogP contribution in [-0.4, -0.2) is 41.1 Å². The van der Waals surface area contributed by atoms with Crippen LogP contribution in [0.4, 0.5) is 0 Å². The van der Waals surface area contributed by atoms with Crippen LogP contribution >= 0.6 is 0 Å². The Morgan fingerprint density at radius 2 is 2.06 bits per heavy atom. The number of aryl methyl sites for hydroxylation is 2. The monoisotopic (exact) mass is 472 g/mol. The molecule has 4 aromatic heterocycles. The van der Waals surface area contributed by atoms with Crippen molar-refractivity contribution in [2.24, 2.45) is 5.92 Å². The van der Waals surface area contributed by atoms with E-state index in [0.717, 1.165) is 42.7 Å². The molecule has 4 heterocycles. The number of carbonyl (C=O) groups is 1. The van der Waals surface area contributed by atoms with Crippen molar-refractivity contribution in [2.45, 2.75) is 71.4 Å². The van der Waals surface area contributed by atoms with Crippen LogP contribution in [-0.2, 0) is 25.9 Å². The number of H-pyrrole nitrogens is 1. The van der Waals surface area contributed by atoms with E-state index >= 15 is 0 Å². The normalized spacial score (nSPS) is 13.6. The number of aromatic amines is 1. The number of aromatic nitrogens is 7. The predicted octanol–water partition coefficient (Wildman–Crippen LogP) is 3.97. The number of hydrogen-bond acceptors (Lipinski definition) is 6. The third-order valence-electron chi connectivity index (χ3n) is 6.34. The van der Waals surface area contributed by atoms with E-state index in [1.54, 1.807) is 17.1 Å². The molecule has 5 rings (SSSR count). The van der Waals surface area contributed by atoms with E-state index < -0.39 is 0 Å². The summed E-state index contributed by atoms with van der Waals surface area (Å²) in [5.41, 5.74) is 5.87. The number of nitrogens with one attached hydrogen (secondary N) is 2. The molecule has 1 fully saturated rings. The molecule has 2 N–H and O–H groups in total. The molecule has 1 aliphatic carbocycles. The highest BCUT2D eigenvalue weighted by Gasteiger charge is 2.29. The lowest BCUT2D eigenvalue weighted by Gasteiger charge is -2.07. The van der Waals surface area contributed by atoms with Gasteiger partial charge in [-0.1, -0.05) is 25.1 Å². The summed E-state index contributed by atoms with van der Waals surface area (Å²) < 4.78 is 1.72. The first-order chi connectivity index (χ1) is 17.1. The highest BCUT2D eigenvalue weighted by Crippen LogP contribution is 2.43. The maximum Gasteiger partial charge on any atom is 0.273 e. The van der Waals surface area contributed by atoms with E-state index in [9.17, 15) is 4.79 Å². The Kier molecular flexibility index (Phi) is 6.83. The molecular weight excluding hydrogens is 440 g/mol. The lowest BCUT2D eigenvalue weighted by molar-refractivity contribution is 0.0945. The quantitative estimate of drug-likeness (QED) is 0.319. The van der Waals surface area contributed by atoms with Crippen molar-refractivity contribution in [1.82, 2.24) is 40.5 Å². The van der Waals surface area contributed by atoms with Gasteiger partial charge in [0.2, 0.25) is 0 Å². The van der Waals surface area contributed by atoms with Gasteiger partial charge in [-0.2, -0.15) is 5.10 Å². The summed E-state index contributed by atoms with van der Waals surface area (Å²) >= 11 is 0. The van der Waals surface area contributed by atoms with Gasteiger partial charge in [0.25, 0.3) is 5.91 Å². The molecule has 0 radical (unpaired) electrons. The van der Waals surface area contributed by atoms with Gasteiger partial charge in [-0.3, -0.25) is 14.5 Å². The third-order valence-corrected chi connectivity index (χ3v) is 6.34. The van der Waals surface area contributed by atoms with Gasteiger partial charge in [0.1, 0.15) is 0 Å². The van der Waals surface area contributed by atoms with E-state index in [4.69, 9.17) is 0 Å². The van der Waals surface area contributed by atoms with Crippen molar-refractivity contribution in [1.29, 1.82) is 0 Å². The molecule has 1 amide bonds. The van der Waals surface area contributed by atoms with Crippen LogP contribution in [0, 0.1) is 5.92 Å². The van der Waals surface area contributed by atoms with E-state index in [1.165, 1.54) is 29.5 Å². The van der Waals surface area contributed by atoms with Crippen LogP contribution in [0.5, 0.6) is 0 Å². The highest BCUT2D eigenvalue weighted by atomic mass is 16.2. The number of fused-ring (bicyclic) bond motifs is 1. The summed E-state index contributed by atoms with van der Waals surface area (Å²) in [6.45, 7) is 5.60. The minimum atomic E-state index is -0.250. The molecule has 1 saturated carbocycles. The largest absolute Gasteiger partial charge is 0.345 e. The first-order valence-corrected chi connectivity index (χ1v) is 12.5. The summed E-state index contributed by atoms with van der Waals surface area (Å²) in [5.74, 6) is 1.03. The molecule has 0 saturated heterocycles. The van der Waals surface area contributed by atoms with E-state index in [2.05, 4.69) is 55.7 Å². The van der Waals surface area contributed by atoms with Crippen LogP contribution in [0.15, 0.2) is 36.7 Å². The van der Waals surface area contributed by atoms with Gasteiger partial charge in [-0.15, -0.1) is 10.2 Å². The van der Waals surface area contributed by atoms with Crippen LogP contribution < -0.4 is 5.32 Å². The molecule has 1 aliphatic rings. The van der Waals surface area contributed by atoms with Crippen LogP contribution in [0.2, 0.25) is 0 Å². The number of nitrogens with zero attached hydrogens (tertiary/aromatic N) is 6. The zero-order valence-electron chi connectivity index (χ0n) is 20.4. The summed E-state index contributed by atoms with van der Waals surface area (Å²) in [6.07, 6.45) is 9.74. The Balaban J connectivity index is 1.13. The van der Waals surface area contributed by atoms with Crippen molar-refractivity contribution >= 4 is 16.9 Å². The molecule has 182 valence electrons. The second-order valence-corrected chi connectivity index (χ2v) is 9.82. The summed E-state index contributed by atoms with van der Waals surface area (Å²) in [6, 6.07) is 7.83. The van der Waals surface area contributed by atoms with E-state index in [1.807, 2.05) is 18.2 Å². The van der Waals surface area contributed by atoms with Crippen LogP contribution in [0.25, 0.3) is 11.0 Å². The fourth-order valence-corrected chi connectivity index (χ4v) is 4.43. The predicted molar refractivity (Wildman–Crippen MR) is 133 cm³/mol. The second-order valence-electron chi connectivity index (χ2n) is 9.82. The topological polar surface area (TPSA) is 114 Å². The van der Waals surface area contributed by atoms with Gasteiger partial charge < -0.3 is 10.3 Å². The smallest absolute Gasteiger partial charge is 0.273 e. The Labute approximate surface area is 204 Å². The maximum atomic E-state index is 12.3. The molecule has 4 aromatic rings. The summed E-state index contributed by atoms with van der Waals surface area (Å²) in [7, 11) is 0. The zero-order valence-corrected chi connectivity index (χ0v) is 20.4. The minimum Gasteiger partial charge on any atom is -0.345 e. The Morgan fingerprint density at radius 1 is 1.17 bits per heavy atom.